The molecule has 1 aromatic rings. The lowest BCUT2D eigenvalue weighted by Crippen LogP contribution is -2.49. The Labute approximate surface area is 157 Å². The highest BCUT2D eigenvalue weighted by Crippen LogP contribution is 2.16. The van der Waals surface area contributed by atoms with E-state index in [1.165, 1.54) is 7.11 Å². The standard InChI is InChI=1S/C18H23ClN2O5/c1-25-11-18(24)21-15-7-6-14(26-16(15)10-22)8-17(23)20-9-12-2-4-13(19)5-3-12/h2-7,14-16,22H,8-11H2,1H3,(H,20,23)(H,21,24)/t14-,15-,16-/m1/s1. The second-order valence-electron chi connectivity index (χ2n) is 5.91. The molecule has 2 rings (SSSR count). The molecule has 1 heterocycles. The number of rotatable bonds is 8. The zero-order chi connectivity index (χ0) is 18.9. The summed E-state index contributed by atoms with van der Waals surface area (Å²) in [6.07, 6.45) is 2.49. The third-order valence-corrected chi connectivity index (χ3v) is 4.11. The molecule has 1 aliphatic heterocycles. The lowest BCUT2D eigenvalue weighted by atomic mass is 10.0. The van der Waals surface area contributed by atoms with Crippen LogP contribution in [-0.2, 0) is 25.6 Å². The zero-order valence-corrected chi connectivity index (χ0v) is 15.2. The van der Waals surface area contributed by atoms with E-state index in [-0.39, 0.29) is 31.4 Å². The molecule has 0 spiro atoms. The number of carbonyl (C=O) groups excluding carboxylic acids is 2. The number of carbonyl (C=O) groups is 2. The van der Waals surface area contributed by atoms with Crippen LogP contribution in [0.4, 0.5) is 0 Å². The average molecular weight is 383 g/mol. The Morgan fingerprint density at radius 2 is 1.96 bits per heavy atom. The van der Waals surface area contributed by atoms with Crippen LogP contribution in [0, 0.1) is 0 Å². The van der Waals surface area contributed by atoms with E-state index < -0.39 is 18.2 Å². The highest BCUT2D eigenvalue weighted by molar-refractivity contribution is 6.30. The number of hydrogen-bond donors (Lipinski definition) is 3. The van der Waals surface area contributed by atoms with Crippen molar-refractivity contribution >= 4 is 23.4 Å². The fourth-order valence-corrected chi connectivity index (χ4v) is 2.68. The first-order valence-electron chi connectivity index (χ1n) is 8.26. The number of benzene rings is 1. The normalized spacial score (nSPS) is 22.0. The van der Waals surface area contributed by atoms with Crippen LogP contribution in [0.3, 0.4) is 0 Å². The molecule has 0 saturated heterocycles. The summed E-state index contributed by atoms with van der Waals surface area (Å²) in [5.74, 6) is -0.475. The molecule has 8 heteroatoms. The summed E-state index contributed by atoms with van der Waals surface area (Å²) in [7, 11) is 1.43. The van der Waals surface area contributed by atoms with Gasteiger partial charge in [-0.05, 0) is 17.7 Å². The van der Waals surface area contributed by atoms with Crippen molar-refractivity contribution in [3.05, 3.63) is 47.0 Å². The second-order valence-corrected chi connectivity index (χ2v) is 6.35. The Morgan fingerprint density at radius 1 is 1.23 bits per heavy atom. The third kappa shape index (κ3) is 6.42. The van der Waals surface area contributed by atoms with Gasteiger partial charge in [-0.3, -0.25) is 9.59 Å². The number of halogens is 1. The fourth-order valence-electron chi connectivity index (χ4n) is 2.55. The van der Waals surface area contributed by atoms with Crippen LogP contribution >= 0.6 is 11.6 Å². The Hall–Kier alpha value is -1.93. The molecule has 142 valence electrons. The van der Waals surface area contributed by atoms with Crippen molar-refractivity contribution in [3.63, 3.8) is 0 Å². The van der Waals surface area contributed by atoms with Crippen LogP contribution in [0.25, 0.3) is 0 Å². The molecule has 2 amide bonds. The Bertz CT molecular complexity index is 635. The maximum absolute atomic E-state index is 12.1. The topological polar surface area (TPSA) is 96.9 Å². The fraction of sp³-hybridized carbons (Fsp3) is 0.444. The van der Waals surface area contributed by atoms with Gasteiger partial charge in [-0.25, -0.2) is 0 Å². The van der Waals surface area contributed by atoms with Crippen molar-refractivity contribution in [2.24, 2.45) is 0 Å². The van der Waals surface area contributed by atoms with Gasteiger partial charge in [0.05, 0.1) is 25.2 Å². The van der Waals surface area contributed by atoms with Crippen LogP contribution < -0.4 is 10.6 Å². The van der Waals surface area contributed by atoms with E-state index in [1.54, 1.807) is 24.3 Å². The molecule has 0 fully saturated rings. The van der Waals surface area contributed by atoms with E-state index in [1.807, 2.05) is 12.1 Å². The second kappa shape index (κ2) is 10.3. The summed E-state index contributed by atoms with van der Waals surface area (Å²) in [6, 6.07) is 6.75. The molecule has 0 aliphatic carbocycles. The first-order chi connectivity index (χ1) is 12.5. The van der Waals surface area contributed by atoms with Gasteiger partial charge in [0.1, 0.15) is 12.7 Å². The largest absolute Gasteiger partial charge is 0.394 e. The van der Waals surface area contributed by atoms with E-state index in [9.17, 15) is 14.7 Å². The number of nitrogens with one attached hydrogen (secondary N) is 2. The van der Waals surface area contributed by atoms with E-state index in [4.69, 9.17) is 21.1 Å². The number of amides is 2. The highest BCUT2D eigenvalue weighted by Gasteiger charge is 2.28. The predicted octanol–water partition coefficient (Wildman–Crippen LogP) is 0.793. The van der Waals surface area contributed by atoms with Crippen LogP contribution in [0.15, 0.2) is 36.4 Å². The Morgan fingerprint density at radius 3 is 2.62 bits per heavy atom. The Kier molecular flexibility index (Phi) is 8.06. The summed E-state index contributed by atoms with van der Waals surface area (Å²) in [4.78, 5) is 23.7. The summed E-state index contributed by atoms with van der Waals surface area (Å²) in [5, 5.41) is 15.6. The summed E-state index contributed by atoms with van der Waals surface area (Å²) < 4.78 is 10.5. The van der Waals surface area contributed by atoms with Crippen molar-refractivity contribution in [1.82, 2.24) is 10.6 Å². The first kappa shape index (κ1) is 20.4. The molecule has 1 aliphatic rings. The number of hydrogen-bond acceptors (Lipinski definition) is 5. The van der Waals surface area contributed by atoms with Gasteiger partial charge in [0.25, 0.3) is 0 Å². The Balaban J connectivity index is 1.82. The van der Waals surface area contributed by atoms with Gasteiger partial charge in [-0.1, -0.05) is 35.9 Å². The summed E-state index contributed by atoms with van der Waals surface area (Å²) >= 11 is 5.83. The molecular weight excluding hydrogens is 360 g/mol. The lowest BCUT2D eigenvalue weighted by molar-refractivity contribution is -0.130. The van der Waals surface area contributed by atoms with E-state index in [0.29, 0.717) is 11.6 Å². The summed E-state index contributed by atoms with van der Waals surface area (Å²) in [5.41, 5.74) is 0.942. The van der Waals surface area contributed by atoms with Gasteiger partial charge >= 0.3 is 0 Å². The zero-order valence-electron chi connectivity index (χ0n) is 14.5. The van der Waals surface area contributed by atoms with Crippen molar-refractivity contribution < 1.29 is 24.2 Å². The molecule has 0 saturated carbocycles. The summed E-state index contributed by atoms with van der Waals surface area (Å²) in [6.45, 7) is 0.0513. The van der Waals surface area contributed by atoms with Gasteiger partial charge < -0.3 is 25.2 Å². The highest BCUT2D eigenvalue weighted by atomic mass is 35.5. The molecule has 3 N–H and O–H groups in total. The predicted molar refractivity (Wildman–Crippen MR) is 96.6 cm³/mol. The van der Waals surface area contributed by atoms with Gasteiger partial charge in [0.2, 0.25) is 11.8 Å². The molecule has 0 unspecified atom stereocenters. The van der Waals surface area contributed by atoms with Crippen molar-refractivity contribution in [3.8, 4) is 0 Å². The maximum Gasteiger partial charge on any atom is 0.246 e. The molecule has 3 atom stereocenters. The van der Waals surface area contributed by atoms with E-state index >= 15 is 0 Å². The molecule has 1 aromatic carbocycles. The average Bonchev–Trinajstić information content (AvgIpc) is 2.62. The monoisotopic (exact) mass is 382 g/mol. The molecule has 0 bridgehead atoms. The number of aliphatic hydroxyl groups excluding tert-OH is 1. The van der Waals surface area contributed by atoms with Gasteiger partial charge in [0, 0.05) is 18.7 Å². The lowest BCUT2D eigenvalue weighted by Gasteiger charge is -2.31. The minimum Gasteiger partial charge on any atom is -0.394 e. The number of ether oxygens (including phenoxy) is 2. The first-order valence-corrected chi connectivity index (χ1v) is 8.63. The van der Waals surface area contributed by atoms with E-state index in [0.717, 1.165) is 5.56 Å². The van der Waals surface area contributed by atoms with Crippen molar-refractivity contribution in [2.45, 2.75) is 31.2 Å². The molecule has 26 heavy (non-hydrogen) atoms. The van der Waals surface area contributed by atoms with Crippen molar-refractivity contribution in [1.29, 1.82) is 0 Å². The van der Waals surface area contributed by atoms with Gasteiger partial charge in [0.15, 0.2) is 0 Å². The van der Waals surface area contributed by atoms with Crippen LogP contribution in [0.1, 0.15) is 12.0 Å². The molecular formula is C18H23ClN2O5. The van der Waals surface area contributed by atoms with Gasteiger partial charge in [-0.15, -0.1) is 0 Å². The quantitative estimate of drug-likeness (QED) is 0.578. The molecule has 0 aromatic heterocycles. The van der Waals surface area contributed by atoms with Gasteiger partial charge in [-0.2, -0.15) is 0 Å². The molecule has 0 radical (unpaired) electrons. The van der Waals surface area contributed by atoms with Crippen LogP contribution in [0.5, 0.6) is 0 Å². The molecule has 7 nitrogen and oxygen atoms in total. The minimum atomic E-state index is -0.616. The van der Waals surface area contributed by atoms with Crippen molar-refractivity contribution in [2.75, 3.05) is 20.3 Å². The third-order valence-electron chi connectivity index (χ3n) is 3.86. The van der Waals surface area contributed by atoms with E-state index in [2.05, 4.69) is 10.6 Å². The van der Waals surface area contributed by atoms with Crippen LogP contribution in [0.2, 0.25) is 5.02 Å². The maximum atomic E-state index is 12.1. The number of methoxy groups -OCH3 is 1. The smallest absolute Gasteiger partial charge is 0.246 e. The van der Waals surface area contributed by atoms with Crippen LogP contribution in [-0.4, -0.2) is 55.5 Å². The SMILES string of the molecule is COCC(=O)N[C@@H]1C=C[C@H](CC(=O)NCc2ccc(Cl)cc2)O[C@@H]1CO. The number of aliphatic hydroxyl groups is 1. The minimum absolute atomic E-state index is 0.0704.